The number of hydrogen-bond acceptors (Lipinski definition) is 4. The molecule has 0 aromatic heterocycles. The van der Waals surface area contributed by atoms with Crippen molar-refractivity contribution in [2.24, 2.45) is 0 Å². The van der Waals surface area contributed by atoms with Gasteiger partial charge in [0.2, 0.25) is 11.8 Å². The first-order valence-corrected chi connectivity index (χ1v) is 15.6. The molecule has 3 aromatic rings. The summed E-state index contributed by atoms with van der Waals surface area (Å²) in [6.07, 6.45) is 0.303. The van der Waals surface area contributed by atoms with Crippen molar-refractivity contribution in [1.29, 1.82) is 0 Å². The Morgan fingerprint density at radius 2 is 1.62 bits per heavy atom. The van der Waals surface area contributed by atoms with Crippen LogP contribution in [0.25, 0.3) is 0 Å². The van der Waals surface area contributed by atoms with Gasteiger partial charge in [0.1, 0.15) is 12.6 Å². The summed E-state index contributed by atoms with van der Waals surface area (Å²) in [4.78, 5) is 28.9. The van der Waals surface area contributed by atoms with Crippen molar-refractivity contribution in [2.45, 2.75) is 57.1 Å². The molecule has 40 heavy (non-hydrogen) atoms. The molecule has 0 spiro atoms. The molecule has 1 N–H and O–H groups in total. The SMILES string of the molecule is CCC(C(=O)NC(C)(C)C)N(Cc1ccc(Cl)c(Cl)c1)C(=O)CN(c1cccc(Br)c1)S(=O)(=O)c1ccccc1. The second-order valence-corrected chi connectivity index (χ2v) is 13.8. The van der Waals surface area contributed by atoms with E-state index in [0.717, 1.165) is 4.31 Å². The number of carbonyl (C=O) groups excluding carboxylic acids is 2. The number of benzene rings is 3. The molecule has 2 amide bonds. The van der Waals surface area contributed by atoms with Gasteiger partial charge in [-0.3, -0.25) is 13.9 Å². The van der Waals surface area contributed by atoms with E-state index in [1.54, 1.807) is 67.6 Å². The molecule has 0 aliphatic heterocycles. The van der Waals surface area contributed by atoms with Crippen molar-refractivity contribution in [3.63, 3.8) is 0 Å². The van der Waals surface area contributed by atoms with Crippen LogP contribution in [0, 0.1) is 0 Å². The molecule has 0 saturated carbocycles. The minimum atomic E-state index is -4.14. The second-order valence-electron chi connectivity index (χ2n) is 10.2. The minimum Gasteiger partial charge on any atom is -0.350 e. The summed E-state index contributed by atoms with van der Waals surface area (Å²) in [5.41, 5.74) is 0.403. The first kappa shape index (κ1) is 31.9. The van der Waals surface area contributed by atoms with Crippen LogP contribution in [0.1, 0.15) is 39.7 Å². The summed E-state index contributed by atoms with van der Waals surface area (Å²) in [6, 6.07) is 18.7. The van der Waals surface area contributed by atoms with Crippen molar-refractivity contribution in [2.75, 3.05) is 10.8 Å². The topological polar surface area (TPSA) is 86.8 Å². The van der Waals surface area contributed by atoms with Gasteiger partial charge in [-0.2, -0.15) is 0 Å². The molecule has 0 aliphatic rings. The molecule has 7 nitrogen and oxygen atoms in total. The number of hydrogen-bond donors (Lipinski definition) is 1. The molecule has 1 unspecified atom stereocenters. The largest absolute Gasteiger partial charge is 0.350 e. The van der Waals surface area contributed by atoms with Crippen LogP contribution in [0.15, 0.2) is 82.2 Å². The smallest absolute Gasteiger partial charge is 0.264 e. The quantitative estimate of drug-likeness (QED) is 0.261. The van der Waals surface area contributed by atoms with Crippen molar-refractivity contribution >= 4 is 66.7 Å². The van der Waals surface area contributed by atoms with Gasteiger partial charge in [-0.05, 0) is 75.2 Å². The molecule has 0 fully saturated rings. The number of amides is 2. The normalized spacial score (nSPS) is 12.5. The van der Waals surface area contributed by atoms with E-state index in [-0.39, 0.29) is 17.3 Å². The third-order valence-corrected chi connectivity index (χ3v) is 8.95. The molecule has 214 valence electrons. The van der Waals surface area contributed by atoms with Crippen molar-refractivity contribution < 1.29 is 18.0 Å². The lowest BCUT2D eigenvalue weighted by Crippen LogP contribution is -2.55. The van der Waals surface area contributed by atoms with Crippen LogP contribution in [0.3, 0.4) is 0 Å². The van der Waals surface area contributed by atoms with Gasteiger partial charge < -0.3 is 10.2 Å². The monoisotopic (exact) mass is 667 g/mol. The van der Waals surface area contributed by atoms with E-state index in [9.17, 15) is 18.0 Å². The van der Waals surface area contributed by atoms with Crippen molar-refractivity contribution in [1.82, 2.24) is 10.2 Å². The number of halogens is 3. The van der Waals surface area contributed by atoms with E-state index in [2.05, 4.69) is 21.2 Å². The zero-order valence-electron chi connectivity index (χ0n) is 22.7. The van der Waals surface area contributed by atoms with E-state index in [1.165, 1.54) is 17.0 Å². The molecule has 0 aliphatic carbocycles. The lowest BCUT2D eigenvalue weighted by Gasteiger charge is -2.34. The van der Waals surface area contributed by atoms with E-state index in [1.807, 2.05) is 20.8 Å². The molecular weight excluding hydrogens is 637 g/mol. The van der Waals surface area contributed by atoms with Crippen LogP contribution >= 0.6 is 39.1 Å². The highest BCUT2D eigenvalue weighted by Gasteiger charge is 2.34. The Hall–Kier alpha value is -2.59. The van der Waals surface area contributed by atoms with E-state index in [0.29, 0.717) is 32.2 Å². The third kappa shape index (κ3) is 8.22. The summed E-state index contributed by atoms with van der Waals surface area (Å²) in [6.45, 7) is 6.84. The fourth-order valence-electron chi connectivity index (χ4n) is 4.09. The Balaban J connectivity index is 2.08. The molecule has 3 rings (SSSR count). The zero-order valence-corrected chi connectivity index (χ0v) is 26.6. The first-order valence-electron chi connectivity index (χ1n) is 12.6. The fourth-order valence-corrected chi connectivity index (χ4v) is 6.22. The minimum absolute atomic E-state index is 0.0174. The molecular formula is C29H32BrCl2N3O4S. The van der Waals surface area contributed by atoms with E-state index in [4.69, 9.17) is 23.2 Å². The van der Waals surface area contributed by atoms with Gasteiger partial charge in [-0.25, -0.2) is 8.42 Å². The Bertz CT molecular complexity index is 1460. The van der Waals surface area contributed by atoms with Gasteiger partial charge in [-0.15, -0.1) is 0 Å². The van der Waals surface area contributed by atoms with Gasteiger partial charge >= 0.3 is 0 Å². The summed E-state index contributed by atoms with van der Waals surface area (Å²) in [5.74, 6) is -0.898. The Kier molecular flexibility index (Phi) is 10.7. The summed E-state index contributed by atoms with van der Waals surface area (Å²) < 4.78 is 29.4. The third-order valence-electron chi connectivity index (χ3n) is 5.93. The predicted molar refractivity (Wildman–Crippen MR) is 164 cm³/mol. The Morgan fingerprint density at radius 1 is 0.950 bits per heavy atom. The number of anilines is 1. The molecule has 1 atom stereocenters. The van der Waals surface area contributed by atoms with Crippen LogP contribution in [-0.2, 0) is 26.2 Å². The maximum absolute atomic E-state index is 14.1. The van der Waals surface area contributed by atoms with Gasteiger partial charge in [0.25, 0.3) is 10.0 Å². The highest BCUT2D eigenvalue weighted by atomic mass is 79.9. The number of sulfonamides is 1. The number of rotatable bonds is 10. The molecule has 11 heteroatoms. The van der Waals surface area contributed by atoms with Crippen LogP contribution in [0.2, 0.25) is 10.0 Å². The van der Waals surface area contributed by atoms with Gasteiger partial charge in [0.05, 0.1) is 20.6 Å². The van der Waals surface area contributed by atoms with Crippen LogP contribution in [-0.4, -0.2) is 43.3 Å². The fraction of sp³-hybridized carbons (Fsp3) is 0.310. The Morgan fingerprint density at radius 3 is 2.20 bits per heavy atom. The van der Waals surface area contributed by atoms with Gasteiger partial charge in [0, 0.05) is 16.6 Å². The van der Waals surface area contributed by atoms with Crippen molar-refractivity contribution in [3.8, 4) is 0 Å². The highest BCUT2D eigenvalue weighted by molar-refractivity contribution is 9.10. The number of carbonyl (C=O) groups is 2. The summed E-state index contributed by atoms with van der Waals surface area (Å²) in [7, 11) is -4.14. The Labute approximate surface area is 254 Å². The molecule has 3 aromatic carbocycles. The predicted octanol–water partition coefficient (Wildman–Crippen LogP) is 6.67. The molecule has 0 radical (unpaired) electrons. The average molecular weight is 669 g/mol. The molecule has 0 heterocycles. The standard InChI is InChI=1S/C29H32BrCl2N3O4S/c1-5-26(28(37)33-29(2,3)4)34(18-20-14-15-24(31)25(32)16-20)27(36)19-35(22-11-9-10-21(30)17-22)40(38,39)23-12-7-6-8-13-23/h6-17,26H,5,18-19H2,1-4H3,(H,33,37). The first-order chi connectivity index (χ1) is 18.7. The van der Waals surface area contributed by atoms with E-state index >= 15 is 0 Å². The van der Waals surface area contributed by atoms with E-state index < -0.39 is 34.1 Å². The van der Waals surface area contributed by atoms with Crippen LogP contribution in [0.5, 0.6) is 0 Å². The van der Waals surface area contributed by atoms with Gasteiger partial charge in [-0.1, -0.05) is 76.4 Å². The summed E-state index contributed by atoms with van der Waals surface area (Å²) >= 11 is 15.7. The number of nitrogens with one attached hydrogen (secondary N) is 1. The van der Waals surface area contributed by atoms with Crippen LogP contribution < -0.4 is 9.62 Å². The number of nitrogens with zero attached hydrogens (tertiary/aromatic N) is 2. The average Bonchev–Trinajstić information content (AvgIpc) is 2.88. The summed E-state index contributed by atoms with van der Waals surface area (Å²) in [5, 5.41) is 3.61. The molecule has 0 saturated heterocycles. The zero-order chi connectivity index (χ0) is 29.7. The second kappa shape index (κ2) is 13.4. The maximum atomic E-state index is 14.1. The van der Waals surface area contributed by atoms with Crippen molar-refractivity contribution in [3.05, 3.63) is 92.9 Å². The highest BCUT2D eigenvalue weighted by Crippen LogP contribution is 2.28. The maximum Gasteiger partial charge on any atom is 0.264 e. The van der Waals surface area contributed by atoms with Crippen LogP contribution in [0.4, 0.5) is 5.69 Å². The van der Waals surface area contributed by atoms with Gasteiger partial charge in [0.15, 0.2) is 0 Å². The molecule has 0 bridgehead atoms. The lowest BCUT2D eigenvalue weighted by molar-refractivity contribution is -0.141. The lowest BCUT2D eigenvalue weighted by atomic mass is 10.1.